The summed E-state index contributed by atoms with van der Waals surface area (Å²) in [5.41, 5.74) is 1.75. The Bertz CT molecular complexity index is 507. The second kappa shape index (κ2) is 7.03. The largest absolute Gasteiger partial charge is 0.369 e. The Kier molecular flexibility index (Phi) is 5.22. The highest BCUT2D eigenvalue weighted by atomic mass is 35.5. The van der Waals surface area contributed by atoms with E-state index in [0.717, 1.165) is 30.1 Å². The van der Waals surface area contributed by atoms with Gasteiger partial charge in [0.25, 0.3) is 0 Å². The highest BCUT2D eigenvalue weighted by molar-refractivity contribution is 6.30. The standard InChI is InChI=1S/C20H31ClN2/c1-20(2,3)16-7-9-18(10-8-16)22-11-13-23(14-12-22)19-6-4-5-17(21)15-19/h4-6,15-16,18H,7-14H2,1-3H3. The minimum Gasteiger partial charge on any atom is -0.369 e. The Labute approximate surface area is 146 Å². The molecule has 1 aromatic rings. The molecule has 1 saturated carbocycles. The van der Waals surface area contributed by atoms with Crippen LogP contribution in [0.4, 0.5) is 5.69 Å². The van der Waals surface area contributed by atoms with Crippen molar-refractivity contribution in [3.8, 4) is 0 Å². The van der Waals surface area contributed by atoms with Crippen molar-refractivity contribution in [2.45, 2.75) is 52.5 Å². The lowest BCUT2D eigenvalue weighted by Crippen LogP contribution is -2.51. The summed E-state index contributed by atoms with van der Waals surface area (Å²) in [7, 11) is 0. The van der Waals surface area contributed by atoms with Gasteiger partial charge in [0, 0.05) is 42.9 Å². The van der Waals surface area contributed by atoms with Crippen LogP contribution < -0.4 is 4.90 Å². The number of hydrogen-bond donors (Lipinski definition) is 0. The van der Waals surface area contributed by atoms with Gasteiger partial charge in [0.1, 0.15) is 0 Å². The second-order valence-corrected chi connectivity index (χ2v) is 8.81. The summed E-state index contributed by atoms with van der Waals surface area (Å²) in [4.78, 5) is 5.21. The van der Waals surface area contributed by atoms with Crippen LogP contribution in [-0.2, 0) is 0 Å². The first-order valence-corrected chi connectivity index (χ1v) is 9.56. The normalized spacial score (nSPS) is 27.2. The summed E-state index contributed by atoms with van der Waals surface area (Å²) in [5.74, 6) is 0.909. The molecule has 128 valence electrons. The molecule has 1 aliphatic carbocycles. The van der Waals surface area contributed by atoms with Crippen LogP contribution >= 0.6 is 11.6 Å². The van der Waals surface area contributed by atoms with E-state index < -0.39 is 0 Å². The number of hydrogen-bond acceptors (Lipinski definition) is 2. The quantitative estimate of drug-likeness (QED) is 0.745. The van der Waals surface area contributed by atoms with Crippen LogP contribution in [0.3, 0.4) is 0 Å². The van der Waals surface area contributed by atoms with Crippen LogP contribution in [0.25, 0.3) is 0 Å². The molecule has 0 N–H and O–H groups in total. The number of piperazine rings is 1. The molecule has 0 atom stereocenters. The Morgan fingerprint density at radius 1 is 0.957 bits per heavy atom. The number of anilines is 1. The second-order valence-electron chi connectivity index (χ2n) is 8.37. The van der Waals surface area contributed by atoms with Crippen molar-refractivity contribution in [2.24, 2.45) is 11.3 Å². The number of rotatable bonds is 2. The molecule has 2 aliphatic rings. The first kappa shape index (κ1) is 17.1. The molecule has 23 heavy (non-hydrogen) atoms. The third kappa shape index (κ3) is 4.22. The fourth-order valence-corrected chi connectivity index (χ4v) is 4.51. The van der Waals surface area contributed by atoms with Crippen molar-refractivity contribution in [1.82, 2.24) is 4.90 Å². The van der Waals surface area contributed by atoms with Crippen molar-refractivity contribution < 1.29 is 0 Å². The molecule has 2 nitrogen and oxygen atoms in total. The van der Waals surface area contributed by atoms with Crippen LogP contribution in [0.15, 0.2) is 24.3 Å². The highest BCUT2D eigenvalue weighted by Gasteiger charge is 2.32. The number of halogens is 1. The third-order valence-corrected chi connectivity index (χ3v) is 6.16. The molecule has 3 rings (SSSR count). The van der Waals surface area contributed by atoms with E-state index in [2.05, 4.69) is 48.8 Å². The van der Waals surface area contributed by atoms with Crippen LogP contribution in [0.5, 0.6) is 0 Å². The third-order valence-electron chi connectivity index (χ3n) is 5.93. The van der Waals surface area contributed by atoms with E-state index in [0.29, 0.717) is 5.41 Å². The van der Waals surface area contributed by atoms with Gasteiger partial charge in [-0.2, -0.15) is 0 Å². The van der Waals surface area contributed by atoms with Crippen LogP contribution in [0, 0.1) is 11.3 Å². The summed E-state index contributed by atoms with van der Waals surface area (Å²) in [5, 5.41) is 0.838. The summed E-state index contributed by atoms with van der Waals surface area (Å²) >= 11 is 6.13. The SMILES string of the molecule is CC(C)(C)C1CCC(N2CCN(c3cccc(Cl)c3)CC2)CC1. The molecule has 0 bridgehead atoms. The molecule has 1 saturated heterocycles. The van der Waals surface area contributed by atoms with Crippen molar-refractivity contribution in [3.05, 3.63) is 29.3 Å². The van der Waals surface area contributed by atoms with Crippen molar-refractivity contribution in [1.29, 1.82) is 0 Å². The van der Waals surface area contributed by atoms with E-state index in [-0.39, 0.29) is 0 Å². The molecule has 1 aliphatic heterocycles. The number of nitrogens with zero attached hydrogens (tertiary/aromatic N) is 2. The highest BCUT2D eigenvalue weighted by Crippen LogP contribution is 2.39. The van der Waals surface area contributed by atoms with Gasteiger partial charge in [-0.05, 0) is 55.2 Å². The topological polar surface area (TPSA) is 6.48 Å². The zero-order valence-corrected chi connectivity index (χ0v) is 15.6. The molecular formula is C20H31ClN2. The van der Waals surface area contributed by atoms with E-state index in [9.17, 15) is 0 Å². The minimum atomic E-state index is 0.482. The maximum Gasteiger partial charge on any atom is 0.0426 e. The van der Waals surface area contributed by atoms with E-state index in [1.54, 1.807) is 0 Å². The first-order valence-electron chi connectivity index (χ1n) is 9.18. The van der Waals surface area contributed by atoms with Crippen molar-refractivity contribution >= 4 is 17.3 Å². The lowest BCUT2D eigenvalue weighted by molar-refractivity contribution is 0.0917. The van der Waals surface area contributed by atoms with E-state index in [1.807, 2.05) is 6.07 Å². The van der Waals surface area contributed by atoms with Crippen LogP contribution in [-0.4, -0.2) is 37.1 Å². The summed E-state index contributed by atoms with van der Waals surface area (Å²) < 4.78 is 0. The Balaban J connectivity index is 1.50. The van der Waals surface area contributed by atoms with Gasteiger partial charge < -0.3 is 4.90 Å². The minimum absolute atomic E-state index is 0.482. The molecule has 2 fully saturated rings. The molecule has 3 heteroatoms. The lowest BCUT2D eigenvalue weighted by Gasteiger charge is -2.44. The average molecular weight is 335 g/mol. The summed E-state index contributed by atoms with van der Waals surface area (Å²) in [6.45, 7) is 11.8. The maximum atomic E-state index is 6.13. The lowest BCUT2D eigenvalue weighted by atomic mass is 9.71. The average Bonchev–Trinajstić information content (AvgIpc) is 2.54. The molecule has 0 amide bonds. The molecule has 0 unspecified atom stereocenters. The predicted molar refractivity (Wildman–Crippen MR) is 100 cm³/mol. The fourth-order valence-electron chi connectivity index (χ4n) is 4.33. The Morgan fingerprint density at radius 3 is 2.17 bits per heavy atom. The van der Waals surface area contributed by atoms with Gasteiger partial charge in [-0.3, -0.25) is 4.90 Å². The maximum absolute atomic E-state index is 6.13. The van der Waals surface area contributed by atoms with Crippen LogP contribution in [0.1, 0.15) is 46.5 Å². The van der Waals surface area contributed by atoms with Gasteiger partial charge in [0.15, 0.2) is 0 Å². The van der Waals surface area contributed by atoms with Gasteiger partial charge in [0.2, 0.25) is 0 Å². The molecule has 0 spiro atoms. The monoisotopic (exact) mass is 334 g/mol. The number of benzene rings is 1. The van der Waals surface area contributed by atoms with E-state index >= 15 is 0 Å². The van der Waals surface area contributed by atoms with Gasteiger partial charge in [0.05, 0.1) is 0 Å². The molecule has 0 radical (unpaired) electrons. The molecule has 0 aromatic heterocycles. The van der Waals surface area contributed by atoms with E-state index in [1.165, 1.54) is 44.5 Å². The van der Waals surface area contributed by atoms with Gasteiger partial charge >= 0.3 is 0 Å². The zero-order chi connectivity index (χ0) is 16.4. The Morgan fingerprint density at radius 2 is 1.61 bits per heavy atom. The fraction of sp³-hybridized carbons (Fsp3) is 0.700. The van der Waals surface area contributed by atoms with Gasteiger partial charge in [-0.25, -0.2) is 0 Å². The van der Waals surface area contributed by atoms with Gasteiger partial charge in [-0.1, -0.05) is 38.4 Å². The van der Waals surface area contributed by atoms with E-state index in [4.69, 9.17) is 11.6 Å². The zero-order valence-electron chi connectivity index (χ0n) is 14.9. The molecule has 1 heterocycles. The Hall–Kier alpha value is -0.730. The predicted octanol–water partition coefficient (Wildman–Crippen LogP) is 5.07. The first-order chi connectivity index (χ1) is 10.9. The van der Waals surface area contributed by atoms with Crippen molar-refractivity contribution in [2.75, 3.05) is 31.1 Å². The van der Waals surface area contributed by atoms with Gasteiger partial charge in [-0.15, -0.1) is 0 Å². The smallest absolute Gasteiger partial charge is 0.0426 e. The summed E-state index contributed by atoms with van der Waals surface area (Å²) in [6.07, 6.45) is 5.59. The molecular weight excluding hydrogens is 304 g/mol. The summed E-state index contributed by atoms with van der Waals surface area (Å²) in [6, 6.07) is 9.09. The molecule has 1 aromatic carbocycles. The van der Waals surface area contributed by atoms with Crippen molar-refractivity contribution in [3.63, 3.8) is 0 Å². The van der Waals surface area contributed by atoms with Crippen LogP contribution in [0.2, 0.25) is 5.02 Å².